The summed E-state index contributed by atoms with van der Waals surface area (Å²) < 4.78 is 84.4. The molecule has 0 N–H and O–H groups in total. The van der Waals surface area contributed by atoms with Crippen LogP contribution in [0.5, 0.6) is 0 Å². The van der Waals surface area contributed by atoms with Crippen LogP contribution in [0, 0.1) is 0 Å². The van der Waals surface area contributed by atoms with E-state index in [1.54, 1.807) is 29.2 Å². The number of hydrogen-bond donors (Lipinski definition) is 0. The van der Waals surface area contributed by atoms with Crippen molar-refractivity contribution in [3.63, 3.8) is 0 Å². The average molecular weight is 728 g/mol. The monoisotopic (exact) mass is 727 g/mol. The zero-order valence-corrected chi connectivity index (χ0v) is 29.6. The summed E-state index contributed by atoms with van der Waals surface area (Å²) >= 11 is 0. The van der Waals surface area contributed by atoms with Gasteiger partial charge in [0.1, 0.15) is 11.2 Å². The maximum atomic E-state index is 9.20. The number of furan rings is 1. The molecule has 0 aliphatic rings. The normalized spacial score (nSPS) is 13.5. The standard InChI is InChI=1S/C51H34N4O/c1-5-14-35(15-6-1)36-24-29-42(30-25-36)55(41-20-11-4-12-21-41)43-31-26-37(27-32-43)40-28-33-44-47(34-40)56-46-23-13-22-45(48(44)46)51-53-49(38-16-7-2-8-17-38)52-50(54-51)39-18-9-3-10-19-39/h1-34H/i1D,5D,6D,14D,15D,24D,25D,29D,30D. The van der Waals surface area contributed by atoms with E-state index in [0.717, 1.165) is 38.6 Å². The molecule has 264 valence electrons. The van der Waals surface area contributed by atoms with Crippen molar-refractivity contribution >= 4 is 39.0 Å². The van der Waals surface area contributed by atoms with Gasteiger partial charge in [-0.2, -0.15) is 0 Å². The highest BCUT2D eigenvalue weighted by Gasteiger charge is 2.19. The van der Waals surface area contributed by atoms with Crippen molar-refractivity contribution in [2.45, 2.75) is 0 Å². The Hall–Kier alpha value is -7.63. The number of nitrogens with zero attached hydrogens (tertiary/aromatic N) is 4. The summed E-state index contributed by atoms with van der Waals surface area (Å²) in [5, 5.41) is 1.74. The number of aromatic nitrogens is 3. The van der Waals surface area contributed by atoms with Gasteiger partial charge in [-0.05, 0) is 76.8 Å². The van der Waals surface area contributed by atoms with Crippen molar-refractivity contribution in [2.75, 3.05) is 4.90 Å². The number of rotatable bonds is 8. The van der Waals surface area contributed by atoms with Crippen molar-refractivity contribution in [3.8, 4) is 56.4 Å². The Morgan fingerprint density at radius 3 is 1.62 bits per heavy atom. The van der Waals surface area contributed by atoms with Crippen LogP contribution in [-0.2, 0) is 0 Å². The second-order valence-electron chi connectivity index (χ2n) is 13.0. The zero-order chi connectivity index (χ0) is 45.1. The van der Waals surface area contributed by atoms with E-state index >= 15 is 0 Å². The third kappa shape index (κ3) is 6.27. The van der Waals surface area contributed by atoms with Crippen LogP contribution < -0.4 is 4.90 Å². The zero-order valence-electron chi connectivity index (χ0n) is 38.6. The van der Waals surface area contributed by atoms with Crippen LogP contribution in [0.25, 0.3) is 78.4 Å². The first-order chi connectivity index (χ1) is 31.5. The van der Waals surface area contributed by atoms with Gasteiger partial charge in [-0.15, -0.1) is 0 Å². The second kappa shape index (κ2) is 14.3. The third-order valence-electron chi connectivity index (χ3n) is 9.50. The maximum Gasteiger partial charge on any atom is 0.164 e. The first kappa shape index (κ1) is 24.6. The molecule has 10 rings (SSSR count). The minimum atomic E-state index is -0.632. The Kier molecular flexibility index (Phi) is 6.30. The summed E-state index contributed by atoms with van der Waals surface area (Å²) in [5.41, 5.74) is 5.82. The Balaban J connectivity index is 1.05. The van der Waals surface area contributed by atoms with Gasteiger partial charge in [-0.3, -0.25) is 0 Å². The molecule has 5 nitrogen and oxygen atoms in total. The molecule has 8 aromatic carbocycles. The lowest BCUT2D eigenvalue weighted by Gasteiger charge is -2.26. The van der Waals surface area contributed by atoms with Gasteiger partial charge < -0.3 is 9.32 Å². The van der Waals surface area contributed by atoms with E-state index in [1.165, 1.54) is 0 Å². The lowest BCUT2D eigenvalue weighted by atomic mass is 10.0. The molecule has 2 aromatic heterocycles. The molecule has 0 saturated heterocycles. The van der Waals surface area contributed by atoms with E-state index in [2.05, 4.69) is 0 Å². The molecule has 0 bridgehead atoms. The van der Waals surface area contributed by atoms with Gasteiger partial charge in [0, 0.05) is 44.5 Å². The van der Waals surface area contributed by atoms with E-state index in [-0.39, 0.29) is 11.3 Å². The highest BCUT2D eigenvalue weighted by molar-refractivity contribution is 6.12. The van der Waals surface area contributed by atoms with Gasteiger partial charge in [-0.25, -0.2) is 15.0 Å². The molecule has 2 heterocycles. The summed E-state index contributed by atoms with van der Waals surface area (Å²) in [7, 11) is 0. The van der Waals surface area contributed by atoms with Crippen molar-refractivity contribution in [1.82, 2.24) is 15.0 Å². The fourth-order valence-electron chi connectivity index (χ4n) is 6.83. The molecule has 5 heteroatoms. The summed E-state index contributed by atoms with van der Waals surface area (Å²) in [6.45, 7) is 0. The number of benzene rings is 8. The Labute approximate surface area is 337 Å². The van der Waals surface area contributed by atoms with Crippen LogP contribution in [-0.4, -0.2) is 15.0 Å². The predicted molar refractivity (Wildman–Crippen MR) is 229 cm³/mol. The number of hydrogen-bond acceptors (Lipinski definition) is 5. The molecule has 0 atom stereocenters. The molecule has 0 aliphatic carbocycles. The first-order valence-corrected chi connectivity index (χ1v) is 18.0. The Morgan fingerprint density at radius 1 is 0.393 bits per heavy atom. The molecule has 0 fully saturated rings. The Bertz CT molecular complexity index is 3360. The highest BCUT2D eigenvalue weighted by atomic mass is 16.3. The van der Waals surface area contributed by atoms with Crippen LogP contribution in [0.4, 0.5) is 17.1 Å². The van der Waals surface area contributed by atoms with E-state index in [4.69, 9.17) is 29.0 Å². The van der Waals surface area contributed by atoms with Gasteiger partial charge in [-0.1, -0.05) is 151 Å². The summed E-state index contributed by atoms with van der Waals surface area (Å²) in [5.74, 6) is 1.62. The molecule has 56 heavy (non-hydrogen) atoms. The lowest BCUT2D eigenvalue weighted by Crippen LogP contribution is -2.09. The van der Waals surface area contributed by atoms with Crippen LogP contribution in [0.1, 0.15) is 12.3 Å². The molecule has 0 amide bonds. The van der Waals surface area contributed by atoms with E-state index in [1.807, 2.05) is 127 Å². The third-order valence-corrected chi connectivity index (χ3v) is 9.50. The predicted octanol–water partition coefficient (Wildman–Crippen LogP) is 13.6. The van der Waals surface area contributed by atoms with Crippen LogP contribution >= 0.6 is 0 Å². The van der Waals surface area contributed by atoms with E-state index in [0.29, 0.717) is 40.0 Å². The molecule has 0 unspecified atom stereocenters. The van der Waals surface area contributed by atoms with Crippen LogP contribution in [0.3, 0.4) is 0 Å². The van der Waals surface area contributed by atoms with Crippen molar-refractivity contribution < 1.29 is 16.8 Å². The number of anilines is 3. The lowest BCUT2D eigenvalue weighted by molar-refractivity contribution is 0.669. The van der Waals surface area contributed by atoms with Gasteiger partial charge in [0.15, 0.2) is 17.5 Å². The van der Waals surface area contributed by atoms with Crippen molar-refractivity contribution in [1.29, 1.82) is 0 Å². The number of fused-ring (bicyclic) bond motifs is 3. The topological polar surface area (TPSA) is 55.1 Å². The van der Waals surface area contributed by atoms with Crippen molar-refractivity contribution in [3.05, 3.63) is 206 Å². The molecule has 0 aliphatic heterocycles. The second-order valence-corrected chi connectivity index (χ2v) is 13.0. The van der Waals surface area contributed by atoms with Gasteiger partial charge in [0.25, 0.3) is 0 Å². The van der Waals surface area contributed by atoms with Crippen LogP contribution in [0.15, 0.2) is 210 Å². The summed E-state index contributed by atoms with van der Waals surface area (Å²) in [4.78, 5) is 16.4. The van der Waals surface area contributed by atoms with Gasteiger partial charge in [0.05, 0.1) is 12.3 Å². The molecular weight excluding hydrogens is 685 g/mol. The largest absolute Gasteiger partial charge is 0.456 e. The molecule has 0 saturated carbocycles. The summed E-state index contributed by atoms with van der Waals surface area (Å²) in [6.07, 6.45) is 0. The molecule has 0 spiro atoms. The fourth-order valence-corrected chi connectivity index (χ4v) is 6.83. The van der Waals surface area contributed by atoms with Crippen LogP contribution in [0.2, 0.25) is 0 Å². The smallest absolute Gasteiger partial charge is 0.164 e. The van der Waals surface area contributed by atoms with Gasteiger partial charge >= 0.3 is 0 Å². The molecule has 10 aromatic rings. The number of para-hydroxylation sites is 1. The minimum Gasteiger partial charge on any atom is -0.456 e. The fraction of sp³-hybridized carbons (Fsp3) is 0. The maximum absolute atomic E-state index is 9.20. The average Bonchev–Trinajstić information content (AvgIpc) is 3.73. The minimum absolute atomic E-state index is 0.0699. The van der Waals surface area contributed by atoms with Gasteiger partial charge in [0.2, 0.25) is 0 Å². The van der Waals surface area contributed by atoms with E-state index < -0.39 is 59.9 Å². The summed E-state index contributed by atoms with van der Waals surface area (Å²) in [6, 6.07) is 42.8. The quantitative estimate of drug-likeness (QED) is 0.156. The molecule has 0 radical (unpaired) electrons. The van der Waals surface area contributed by atoms with E-state index in [9.17, 15) is 2.74 Å². The highest BCUT2D eigenvalue weighted by Crippen LogP contribution is 2.40. The Morgan fingerprint density at radius 2 is 0.964 bits per heavy atom. The van der Waals surface area contributed by atoms with Crippen molar-refractivity contribution in [2.24, 2.45) is 0 Å². The first-order valence-electron chi connectivity index (χ1n) is 22.5. The molecular formula is C51H34N4O. The SMILES string of the molecule is [2H]c1c([2H])c([2H])c(-c2c([2H])c([2H])c(N(c3ccccc3)c3ccc(-c4ccc5c(c4)oc4cccc(-c6nc(-c7ccccc7)nc(-c7ccccc7)n6)c45)cc3)c([2H])c2[2H])c([2H])c1[2H].